The molecule has 15 nitrogen and oxygen atoms in total. The molecule has 2 aliphatic rings. The average molecular weight is 548 g/mol. The van der Waals surface area contributed by atoms with Crippen molar-refractivity contribution in [2.45, 2.75) is 104 Å². The van der Waals surface area contributed by atoms with Crippen LogP contribution in [-0.2, 0) is 71.4 Å². The second kappa shape index (κ2) is 13.5. The minimum atomic E-state index is -1.56. The van der Waals surface area contributed by atoms with Crippen LogP contribution in [0.15, 0.2) is 0 Å². The Kier molecular flexibility index (Phi) is 11.0. The Balaban J connectivity index is 2.52. The van der Waals surface area contributed by atoms with Crippen LogP contribution < -0.4 is 0 Å². The molecule has 0 aromatic carbocycles. The summed E-state index contributed by atoms with van der Waals surface area (Å²) in [6.45, 7) is 7.78. The summed E-state index contributed by atoms with van der Waals surface area (Å²) in [5.74, 6) is -4.63. The zero-order valence-electron chi connectivity index (χ0n) is 22.0. The van der Waals surface area contributed by atoms with E-state index < -0.39 is 91.1 Å². The zero-order chi connectivity index (χ0) is 28.7. The molecule has 0 aromatic heterocycles. The molecule has 2 saturated heterocycles. The van der Waals surface area contributed by atoms with Gasteiger partial charge in [0.15, 0.2) is 42.9 Å². The van der Waals surface area contributed by atoms with Crippen molar-refractivity contribution < 1.29 is 71.4 Å². The minimum absolute atomic E-state index is 0.324. The summed E-state index contributed by atoms with van der Waals surface area (Å²) in [5, 5.41) is 0. The van der Waals surface area contributed by atoms with E-state index in [4.69, 9.17) is 42.6 Å². The third kappa shape index (κ3) is 8.63. The number of hydrogen-bond acceptors (Lipinski definition) is 15. The lowest BCUT2D eigenvalue weighted by atomic mass is 9.98. The van der Waals surface area contributed by atoms with E-state index in [1.54, 1.807) is 0 Å². The summed E-state index contributed by atoms with van der Waals surface area (Å²) in [6.07, 6.45) is -12.2. The van der Waals surface area contributed by atoms with Gasteiger partial charge in [-0.05, 0) is 6.92 Å². The molecule has 38 heavy (non-hydrogen) atoms. The van der Waals surface area contributed by atoms with Crippen molar-refractivity contribution in [2.24, 2.45) is 0 Å². The van der Waals surface area contributed by atoms with E-state index >= 15 is 0 Å². The maximum absolute atomic E-state index is 12.0. The Labute approximate surface area is 218 Å². The van der Waals surface area contributed by atoms with Crippen molar-refractivity contribution in [3.63, 3.8) is 0 Å². The number of carbonyl (C=O) groups is 6. The number of hydrogen-bond donors (Lipinski definition) is 0. The second-order valence-electron chi connectivity index (χ2n) is 8.57. The smallest absolute Gasteiger partial charge is 0.305 e. The molecule has 0 saturated carbocycles. The first-order valence-electron chi connectivity index (χ1n) is 11.6. The molecule has 0 aliphatic carbocycles. The van der Waals surface area contributed by atoms with Crippen molar-refractivity contribution >= 4 is 35.8 Å². The average Bonchev–Trinajstić information content (AvgIpc) is 2.75. The van der Waals surface area contributed by atoms with Crippen LogP contribution in [0.1, 0.15) is 48.5 Å². The highest BCUT2D eigenvalue weighted by atomic mass is 16.8. The monoisotopic (exact) mass is 548 g/mol. The lowest BCUT2D eigenvalue weighted by Crippen LogP contribution is -2.64. The van der Waals surface area contributed by atoms with Gasteiger partial charge in [0, 0.05) is 41.5 Å². The van der Waals surface area contributed by atoms with Gasteiger partial charge in [0.2, 0.25) is 6.29 Å². The fourth-order valence-corrected chi connectivity index (χ4v) is 4.04. The Bertz CT molecular complexity index is 916. The van der Waals surface area contributed by atoms with Crippen LogP contribution >= 0.6 is 0 Å². The summed E-state index contributed by atoms with van der Waals surface area (Å²) in [7, 11) is 0. The molecule has 0 aromatic rings. The van der Waals surface area contributed by atoms with E-state index in [2.05, 4.69) is 0 Å². The van der Waals surface area contributed by atoms with E-state index in [0.717, 1.165) is 41.5 Å². The van der Waals surface area contributed by atoms with E-state index in [-0.39, 0.29) is 6.61 Å². The molecule has 0 radical (unpaired) electrons. The van der Waals surface area contributed by atoms with Gasteiger partial charge in [-0.1, -0.05) is 0 Å². The van der Waals surface area contributed by atoms with Gasteiger partial charge in [-0.25, -0.2) is 0 Å². The minimum Gasteiger partial charge on any atom is -0.456 e. The Morgan fingerprint density at radius 3 is 1.47 bits per heavy atom. The van der Waals surface area contributed by atoms with Crippen LogP contribution in [0.3, 0.4) is 0 Å². The van der Waals surface area contributed by atoms with Crippen molar-refractivity contribution in [3.8, 4) is 0 Å². The fraction of sp³-hybridized carbons (Fsp3) is 0.739. The molecule has 0 spiro atoms. The summed E-state index contributed by atoms with van der Waals surface area (Å²) < 4.78 is 49.1. The molecule has 214 valence electrons. The Hall–Kier alpha value is -3.30. The van der Waals surface area contributed by atoms with Crippen LogP contribution in [0.25, 0.3) is 0 Å². The maximum atomic E-state index is 12.0. The molecule has 0 amide bonds. The molecular weight excluding hydrogens is 516 g/mol. The molecule has 2 heterocycles. The molecule has 2 fully saturated rings. The van der Waals surface area contributed by atoms with Gasteiger partial charge in [-0.2, -0.15) is 0 Å². The molecular formula is C23H32O15. The zero-order valence-corrected chi connectivity index (χ0v) is 22.0. The van der Waals surface area contributed by atoms with Gasteiger partial charge < -0.3 is 42.6 Å². The third-order valence-electron chi connectivity index (χ3n) is 5.21. The molecule has 15 heteroatoms. The van der Waals surface area contributed by atoms with Gasteiger partial charge in [0.05, 0.1) is 12.7 Å². The lowest BCUT2D eigenvalue weighted by Gasteiger charge is -2.46. The Morgan fingerprint density at radius 2 is 0.974 bits per heavy atom. The predicted octanol–water partition coefficient (Wildman–Crippen LogP) is -0.306. The molecule has 0 bridgehead atoms. The van der Waals surface area contributed by atoms with E-state index in [9.17, 15) is 28.8 Å². The third-order valence-corrected chi connectivity index (χ3v) is 5.21. The molecule has 2 rings (SSSR count). The maximum Gasteiger partial charge on any atom is 0.305 e. The van der Waals surface area contributed by atoms with Gasteiger partial charge >= 0.3 is 35.8 Å². The fourth-order valence-electron chi connectivity index (χ4n) is 4.04. The summed E-state index contributed by atoms with van der Waals surface area (Å²) in [5.41, 5.74) is 0. The van der Waals surface area contributed by atoms with Crippen LogP contribution in [0.5, 0.6) is 0 Å². The quantitative estimate of drug-likeness (QED) is 0.284. The van der Waals surface area contributed by atoms with E-state index in [1.807, 2.05) is 0 Å². The van der Waals surface area contributed by atoms with Crippen LogP contribution in [0.2, 0.25) is 0 Å². The molecule has 2 aliphatic heterocycles. The number of ether oxygens (including phenoxy) is 9. The Morgan fingerprint density at radius 1 is 0.526 bits per heavy atom. The van der Waals surface area contributed by atoms with Crippen LogP contribution in [0.4, 0.5) is 0 Å². The molecule has 0 N–H and O–H groups in total. The van der Waals surface area contributed by atoms with Crippen molar-refractivity contribution in [2.75, 3.05) is 6.61 Å². The molecule has 9 atom stereocenters. The van der Waals surface area contributed by atoms with E-state index in [0.29, 0.717) is 0 Å². The van der Waals surface area contributed by atoms with Gasteiger partial charge in [0.1, 0.15) is 0 Å². The number of esters is 6. The SMILES string of the molecule is CC(=O)O[C@H]1OC[C@@H](OC(C)=O)[C@H](OC(C)=O)[C@H]1O[C@H]1O[C@@H](C)[C@H](OC(C)=O)[C@H](OC(C)=O)[C@@H]1OC(C)=O. The summed E-state index contributed by atoms with van der Waals surface area (Å²) in [6, 6.07) is 0. The summed E-state index contributed by atoms with van der Waals surface area (Å²) >= 11 is 0. The van der Waals surface area contributed by atoms with Crippen molar-refractivity contribution in [3.05, 3.63) is 0 Å². The predicted molar refractivity (Wildman–Crippen MR) is 118 cm³/mol. The van der Waals surface area contributed by atoms with Crippen LogP contribution in [0, 0.1) is 0 Å². The molecule has 0 unspecified atom stereocenters. The number of rotatable bonds is 8. The highest BCUT2D eigenvalue weighted by Crippen LogP contribution is 2.33. The standard InChI is InChI=1S/C23H32O15/c1-9-17(33-11(3)25)19(35-13(5)27)21(36-14(6)28)23(31-9)38-20-18(34-12(4)26)16(32-10(2)24)8-30-22(20)37-15(7)29/h9,16-23H,8H2,1-7H3/t9-,16+,17-,18-,19-,20+,21-,22+,23+/m0/s1. The first-order valence-corrected chi connectivity index (χ1v) is 11.6. The first kappa shape index (κ1) is 30.9. The largest absolute Gasteiger partial charge is 0.456 e. The van der Waals surface area contributed by atoms with Gasteiger partial charge in [-0.3, -0.25) is 28.8 Å². The van der Waals surface area contributed by atoms with Crippen molar-refractivity contribution in [1.29, 1.82) is 0 Å². The van der Waals surface area contributed by atoms with Gasteiger partial charge in [-0.15, -0.1) is 0 Å². The van der Waals surface area contributed by atoms with Crippen molar-refractivity contribution in [1.82, 2.24) is 0 Å². The summed E-state index contributed by atoms with van der Waals surface area (Å²) in [4.78, 5) is 71.0. The highest BCUT2D eigenvalue weighted by Gasteiger charge is 2.55. The normalized spacial score (nSPS) is 32.8. The van der Waals surface area contributed by atoms with Gasteiger partial charge in [0.25, 0.3) is 0 Å². The second-order valence-corrected chi connectivity index (χ2v) is 8.57. The topological polar surface area (TPSA) is 185 Å². The number of carbonyl (C=O) groups excluding carboxylic acids is 6. The first-order chi connectivity index (χ1) is 17.7. The van der Waals surface area contributed by atoms with E-state index in [1.165, 1.54) is 6.92 Å². The van der Waals surface area contributed by atoms with Crippen LogP contribution in [-0.4, -0.2) is 97.7 Å². The highest BCUT2D eigenvalue weighted by molar-refractivity contribution is 5.69. The lowest BCUT2D eigenvalue weighted by molar-refractivity contribution is -0.351.